The number of rotatable bonds is 3. The zero-order valence-corrected chi connectivity index (χ0v) is 32.9. The van der Waals surface area contributed by atoms with Crippen molar-refractivity contribution in [3.05, 3.63) is 193 Å². The van der Waals surface area contributed by atoms with Crippen LogP contribution in [0, 0.1) is 0 Å². The number of fused-ring (bicyclic) bond motifs is 14. The first-order valence-corrected chi connectivity index (χ1v) is 21.0. The van der Waals surface area contributed by atoms with Crippen LogP contribution in [-0.2, 0) is 5.41 Å². The quantitative estimate of drug-likeness (QED) is 0.170. The van der Waals surface area contributed by atoms with Gasteiger partial charge < -0.3 is 9.13 Å². The van der Waals surface area contributed by atoms with E-state index in [2.05, 4.69) is 205 Å². The van der Waals surface area contributed by atoms with Gasteiger partial charge in [-0.15, -0.1) is 11.3 Å². The maximum atomic E-state index is 2.50. The first-order valence-electron chi connectivity index (χ1n) is 20.2. The van der Waals surface area contributed by atoms with Gasteiger partial charge in [0.2, 0.25) is 0 Å². The SMILES string of the molecule is CC1(C)c2cc(-n3c4ccccc4c4cc5c6ccccc6n(-c6ccc(-c7cccc8c7sc7ccccc78)cc6)c5cc43)ccc2-c2ccc3ccccc3c21. The van der Waals surface area contributed by atoms with Crippen molar-refractivity contribution in [2.75, 3.05) is 0 Å². The van der Waals surface area contributed by atoms with Crippen molar-refractivity contribution < 1.29 is 0 Å². The maximum absolute atomic E-state index is 2.50. The van der Waals surface area contributed by atoms with Crippen molar-refractivity contribution in [3.63, 3.8) is 0 Å². The molecule has 3 heteroatoms. The molecule has 2 nitrogen and oxygen atoms in total. The number of benzene rings is 9. The van der Waals surface area contributed by atoms with Crippen LogP contribution in [0.5, 0.6) is 0 Å². The molecule has 0 aliphatic heterocycles. The molecule has 12 aromatic rings. The first-order chi connectivity index (χ1) is 28.5. The summed E-state index contributed by atoms with van der Waals surface area (Å²) in [7, 11) is 0. The van der Waals surface area contributed by atoms with Gasteiger partial charge in [0.05, 0.1) is 22.1 Å². The number of aromatic nitrogens is 2. The van der Waals surface area contributed by atoms with Crippen molar-refractivity contribution in [3.8, 4) is 33.6 Å². The second kappa shape index (κ2) is 11.6. The van der Waals surface area contributed by atoms with Crippen LogP contribution in [-0.4, -0.2) is 9.13 Å². The number of thiophene rings is 1. The Bertz CT molecular complexity index is 3700. The van der Waals surface area contributed by atoms with E-state index in [0.29, 0.717) is 0 Å². The van der Waals surface area contributed by atoms with Gasteiger partial charge >= 0.3 is 0 Å². The van der Waals surface area contributed by atoms with Crippen molar-refractivity contribution in [2.24, 2.45) is 0 Å². The Kier molecular flexibility index (Phi) is 6.42. The molecule has 1 aliphatic rings. The zero-order valence-electron chi connectivity index (χ0n) is 32.1. The summed E-state index contributed by atoms with van der Waals surface area (Å²) >= 11 is 1.89. The lowest BCUT2D eigenvalue weighted by Crippen LogP contribution is -2.16. The third kappa shape index (κ3) is 4.26. The van der Waals surface area contributed by atoms with Crippen LogP contribution in [0.15, 0.2) is 182 Å². The summed E-state index contributed by atoms with van der Waals surface area (Å²) < 4.78 is 7.63. The van der Waals surface area contributed by atoms with Gasteiger partial charge in [-0.05, 0) is 98.8 Å². The predicted molar refractivity (Wildman–Crippen MR) is 249 cm³/mol. The molecule has 0 bridgehead atoms. The van der Waals surface area contributed by atoms with E-state index in [0.717, 1.165) is 5.69 Å². The van der Waals surface area contributed by atoms with Gasteiger partial charge in [-0.2, -0.15) is 0 Å². The predicted octanol–water partition coefficient (Wildman–Crippen LogP) is 15.4. The third-order valence-electron chi connectivity index (χ3n) is 13.1. The van der Waals surface area contributed by atoms with Crippen LogP contribution in [0.1, 0.15) is 25.0 Å². The standard InChI is InChI=1S/C55H36N2S/c1-55(2)47-30-36(27-29-39(47)43-28-24-33-12-3-4-13-37(33)53(43)55)57-49-20-9-6-15-41(49)46-31-45-40-14-5-8-19-48(40)56(50(45)32-51(46)57)35-25-22-34(23-26-35)38-17-11-18-44-42-16-7-10-21-52(42)58-54(38)44/h3-32H,1-2H3. The van der Waals surface area contributed by atoms with Gasteiger partial charge in [0.25, 0.3) is 0 Å². The van der Waals surface area contributed by atoms with Crippen LogP contribution >= 0.6 is 11.3 Å². The van der Waals surface area contributed by atoms with Crippen LogP contribution in [0.2, 0.25) is 0 Å². The number of hydrogen-bond donors (Lipinski definition) is 0. The van der Waals surface area contributed by atoms with Gasteiger partial charge in [0.1, 0.15) is 0 Å². The molecule has 0 fully saturated rings. The Hall–Kier alpha value is -6.94. The summed E-state index contributed by atoms with van der Waals surface area (Å²) in [5.41, 5.74) is 15.1. The highest BCUT2D eigenvalue weighted by molar-refractivity contribution is 7.26. The van der Waals surface area contributed by atoms with Gasteiger partial charge in [-0.3, -0.25) is 0 Å². The number of hydrogen-bond acceptors (Lipinski definition) is 1. The van der Waals surface area contributed by atoms with Crippen molar-refractivity contribution in [1.29, 1.82) is 0 Å². The largest absolute Gasteiger partial charge is 0.309 e. The molecule has 1 aliphatic carbocycles. The molecule has 0 radical (unpaired) electrons. The molecule has 3 heterocycles. The molecule has 13 rings (SSSR count). The fourth-order valence-electron chi connectivity index (χ4n) is 10.5. The van der Waals surface area contributed by atoms with Crippen LogP contribution in [0.4, 0.5) is 0 Å². The summed E-state index contributed by atoms with van der Waals surface area (Å²) in [5.74, 6) is 0. The third-order valence-corrected chi connectivity index (χ3v) is 14.3. The normalized spacial score (nSPS) is 13.5. The van der Waals surface area contributed by atoms with Gasteiger partial charge in [-0.25, -0.2) is 0 Å². The van der Waals surface area contributed by atoms with E-state index in [1.807, 2.05) is 11.3 Å². The van der Waals surface area contributed by atoms with Crippen LogP contribution in [0.25, 0.3) is 108 Å². The molecule has 9 aromatic carbocycles. The van der Waals surface area contributed by atoms with E-state index >= 15 is 0 Å². The highest BCUT2D eigenvalue weighted by atomic mass is 32.1. The molecule has 0 saturated carbocycles. The molecule has 0 spiro atoms. The summed E-state index contributed by atoms with van der Waals surface area (Å²) in [6.07, 6.45) is 0. The molecule has 0 saturated heterocycles. The van der Waals surface area contributed by atoms with Crippen molar-refractivity contribution in [1.82, 2.24) is 9.13 Å². The minimum absolute atomic E-state index is 0.144. The van der Waals surface area contributed by atoms with E-state index in [1.165, 1.54) is 114 Å². The lowest BCUT2D eigenvalue weighted by atomic mass is 9.80. The molecule has 0 N–H and O–H groups in total. The molecular weight excluding hydrogens is 721 g/mol. The molecule has 3 aromatic heterocycles. The molecule has 272 valence electrons. The van der Waals surface area contributed by atoms with E-state index < -0.39 is 0 Å². The van der Waals surface area contributed by atoms with E-state index in [9.17, 15) is 0 Å². The Labute approximate surface area is 339 Å². The lowest BCUT2D eigenvalue weighted by Gasteiger charge is -2.24. The van der Waals surface area contributed by atoms with Crippen molar-refractivity contribution >= 4 is 85.9 Å². The fraction of sp³-hybridized carbons (Fsp3) is 0.0545. The molecule has 0 amide bonds. The summed E-state index contributed by atoms with van der Waals surface area (Å²) in [4.78, 5) is 0. The average molecular weight is 757 g/mol. The summed E-state index contributed by atoms with van der Waals surface area (Å²) in [6.45, 7) is 4.80. The number of nitrogens with zero attached hydrogens (tertiary/aromatic N) is 2. The lowest BCUT2D eigenvalue weighted by molar-refractivity contribution is 0.666. The van der Waals surface area contributed by atoms with Crippen LogP contribution in [0.3, 0.4) is 0 Å². The first kappa shape index (κ1) is 32.2. The molecule has 0 atom stereocenters. The fourth-order valence-corrected chi connectivity index (χ4v) is 11.7. The highest BCUT2D eigenvalue weighted by Gasteiger charge is 2.37. The second-order valence-corrected chi connectivity index (χ2v) is 17.5. The van der Waals surface area contributed by atoms with Gasteiger partial charge in [0, 0.05) is 58.5 Å². The number of para-hydroxylation sites is 2. The Balaban J connectivity index is 1.01. The topological polar surface area (TPSA) is 9.86 Å². The van der Waals surface area contributed by atoms with Gasteiger partial charge in [-0.1, -0.05) is 141 Å². The Morgan fingerprint density at radius 1 is 0.397 bits per heavy atom. The molecule has 0 unspecified atom stereocenters. The Morgan fingerprint density at radius 3 is 1.76 bits per heavy atom. The molecular formula is C55H36N2S. The highest BCUT2D eigenvalue weighted by Crippen LogP contribution is 2.52. The van der Waals surface area contributed by atoms with E-state index in [1.54, 1.807) is 0 Å². The van der Waals surface area contributed by atoms with Crippen molar-refractivity contribution in [2.45, 2.75) is 19.3 Å². The smallest absolute Gasteiger partial charge is 0.0562 e. The monoisotopic (exact) mass is 756 g/mol. The minimum atomic E-state index is -0.144. The Morgan fingerprint density at radius 2 is 1.00 bits per heavy atom. The van der Waals surface area contributed by atoms with Gasteiger partial charge in [0.15, 0.2) is 0 Å². The minimum Gasteiger partial charge on any atom is -0.309 e. The molecule has 58 heavy (non-hydrogen) atoms. The summed E-state index contributed by atoms with van der Waals surface area (Å²) in [5, 5.41) is 10.4. The van der Waals surface area contributed by atoms with E-state index in [-0.39, 0.29) is 5.41 Å². The summed E-state index contributed by atoms with van der Waals surface area (Å²) in [6, 6.07) is 68.0. The zero-order chi connectivity index (χ0) is 38.3. The second-order valence-electron chi connectivity index (χ2n) is 16.5. The average Bonchev–Trinajstić information content (AvgIpc) is 3.98. The van der Waals surface area contributed by atoms with Crippen LogP contribution < -0.4 is 0 Å². The van der Waals surface area contributed by atoms with E-state index in [4.69, 9.17) is 0 Å². The maximum Gasteiger partial charge on any atom is 0.0562 e.